The summed E-state index contributed by atoms with van der Waals surface area (Å²) in [6.45, 7) is 0. The van der Waals surface area contributed by atoms with Gasteiger partial charge in [-0.2, -0.15) is 0 Å². The number of hydrogen-bond donors (Lipinski definition) is 0. The van der Waals surface area contributed by atoms with Crippen molar-refractivity contribution >= 4 is 20.8 Å². The van der Waals surface area contributed by atoms with Crippen molar-refractivity contribution in [1.29, 1.82) is 0 Å². The van der Waals surface area contributed by atoms with Crippen molar-refractivity contribution in [1.82, 2.24) is 0 Å². The Kier molecular flexibility index (Phi) is 201. The van der Waals surface area contributed by atoms with Gasteiger partial charge < -0.3 is 51.1 Å². The fraction of sp³-hybridized carbons (Fsp3) is 0. The standard InChI is InChI=1S/3Fe.K.2H2O4S.6H2O/c;;;;2*1-5(2,3)4;;;;;;/h;;;;2*(H2,1,2,3,4);6*1H2/q;;;+1;;;;;;;;/p-4. The van der Waals surface area contributed by atoms with E-state index in [9.17, 15) is 0 Å². The molecular formula is H12Fe3KO14S2-3. The zero-order valence-corrected chi connectivity index (χ0v) is 17.2. The third-order valence-corrected chi connectivity index (χ3v) is 0. The summed E-state index contributed by atoms with van der Waals surface area (Å²) in [6, 6.07) is 0. The summed E-state index contributed by atoms with van der Waals surface area (Å²) < 4.78 is 68.2. The van der Waals surface area contributed by atoms with Crippen LogP contribution in [0.3, 0.4) is 0 Å². The quantitative estimate of drug-likeness (QED) is 0.172. The molecule has 0 saturated heterocycles. The van der Waals surface area contributed by atoms with E-state index in [1.165, 1.54) is 0 Å². The first-order valence-electron chi connectivity index (χ1n) is 1.33. The van der Waals surface area contributed by atoms with E-state index in [4.69, 9.17) is 35.0 Å². The molecule has 0 amide bonds. The topological polar surface area (TPSA) is 350 Å². The van der Waals surface area contributed by atoms with Gasteiger partial charge in [-0.05, 0) is 0 Å². The molecule has 12 N–H and O–H groups in total. The molecule has 0 unspecified atom stereocenters. The largest absolute Gasteiger partial charge is 1.00 e. The minimum absolute atomic E-state index is 0. The van der Waals surface area contributed by atoms with Crippen LogP contribution in [0.15, 0.2) is 0 Å². The third-order valence-electron chi connectivity index (χ3n) is 0. The minimum Gasteiger partial charge on any atom is -0.759 e. The molecule has 20 heavy (non-hydrogen) atoms. The summed E-state index contributed by atoms with van der Waals surface area (Å²) >= 11 is 0. The molecule has 0 aliphatic carbocycles. The second-order valence-corrected chi connectivity index (χ2v) is 2.45. The van der Waals surface area contributed by atoms with E-state index >= 15 is 0 Å². The van der Waals surface area contributed by atoms with Crippen molar-refractivity contribution in [3.05, 3.63) is 0 Å². The Bertz CT molecular complexity index is 223. The van der Waals surface area contributed by atoms with Crippen LogP contribution in [0, 0.1) is 0 Å². The van der Waals surface area contributed by atoms with E-state index in [1.807, 2.05) is 0 Å². The molecule has 0 atom stereocenters. The molecule has 0 bridgehead atoms. The van der Waals surface area contributed by atoms with Crippen LogP contribution in [0.2, 0.25) is 0 Å². The minimum atomic E-state index is -5.17. The van der Waals surface area contributed by atoms with E-state index < -0.39 is 20.8 Å². The van der Waals surface area contributed by atoms with Gasteiger partial charge in [-0.3, -0.25) is 16.8 Å². The summed E-state index contributed by atoms with van der Waals surface area (Å²) in [6.07, 6.45) is 0. The van der Waals surface area contributed by atoms with Crippen LogP contribution in [-0.2, 0) is 72.0 Å². The van der Waals surface area contributed by atoms with E-state index in [1.54, 1.807) is 0 Å². The average molecular weight is 507 g/mol. The van der Waals surface area contributed by atoms with Gasteiger partial charge in [0.25, 0.3) is 0 Å². The first-order valence-corrected chi connectivity index (χ1v) is 4.00. The molecule has 136 valence electrons. The van der Waals surface area contributed by atoms with Gasteiger partial charge in [0.2, 0.25) is 0 Å². The van der Waals surface area contributed by atoms with Crippen molar-refractivity contribution in [2.45, 2.75) is 0 Å². The Labute approximate surface area is 188 Å². The van der Waals surface area contributed by atoms with Gasteiger partial charge in [-0.25, -0.2) is 0 Å². The molecular weight excluding hydrogens is 495 g/mol. The molecule has 0 aromatic rings. The second-order valence-electron chi connectivity index (χ2n) is 0.816. The average Bonchev–Trinajstić information content (AvgIpc) is 1.12. The van der Waals surface area contributed by atoms with E-state index in [2.05, 4.69) is 0 Å². The zero-order chi connectivity index (χ0) is 9.00. The van der Waals surface area contributed by atoms with E-state index in [-0.39, 0.29) is 135 Å². The Morgan fingerprint density at radius 1 is 0.450 bits per heavy atom. The normalized spacial score (nSPS) is 5.80. The fourth-order valence-corrected chi connectivity index (χ4v) is 0. The van der Waals surface area contributed by atoms with Gasteiger partial charge in [-0.15, -0.1) is 0 Å². The Morgan fingerprint density at radius 2 is 0.450 bits per heavy atom. The predicted octanol–water partition coefficient (Wildman–Crippen LogP) is -10.6. The number of rotatable bonds is 0. The SMILES string of the molecule is O.O.O.O.O.O.O=S(=O)([O-])[O-].O=S(=O)([O-])[O-].[Fe].[Fe].[Fe].[K+]. The summed E-state index contributed by atoms with van der Waals surface area (Å²) in [5.74, 6) is 0. The summed E-state index contributed by atoms with van der Waals surface area (Å²) in [5, 5.41) is 0. The molecule has 0 fully saturated rings. The fourth-order valence-electron chi connectivity index (χ4n) is 0. The Hall–Kier alpha value is 2.69. The second kappa shape index (κ2) is 43.0. The maximum absolute atomic E-state index is 8.52. The van der Waals surface area contributed by atoms with Crippen LogP contribution >= 0.6 is 0 Å². The van der Waals surface area contributed by atoms with Crippen molar-refractivity contribution in [2.75, 3.05) is 0 Å². The maximum atomic E-state index is 8.52. The Morgan fingerprint density at radius 3 is 0.450 bits per heavy atom. The van der Waals surface area contributed by atoms with Crippen molar-refractivity contribution in [3.8, 4) is 0 Å². The van der Waals surface area contributed by atoms with E-state index in [0.29, 0.717) is 0 Å². The monoisotopic (exact) mass is 507 g/mol. The van der Waals surface area contributed by atoms with Crippen molar-refractivity contribution in [2.24, 2.45) is 0 Å². The zero-order valence-electron chi connectivity index (χ0n) is 9.14. The molecule has 0 rings (SSSR count). The number of hydrogen-bond acceptors (Lipinski definition) is 8. The molecule has 0 aromatic heterocycles. The smallest absolute Gasteiger partial charge is 0.759 e. The van der Waals surface area contributed by atoms with Crippen LogP contribution in [0.1, 0.15) is 0 Å². The summed E-state index contributed by atoms with van der Waals surface area (Å²) in [4.78, 5) is 0. The Balaban J connectivity index is -0.00000000427. The van der Waals surface area contributed by atoms with Gasteiger partial charge >= 0.3 is 51.4 Å². The van der Waals surface area contributed by atoms with Gasteiger partial charge in [0.05, 0.1) is 0 Å². The molecule has 0 radical (unpaired) electrons. The van der Waals surface area contributed by atoms with Gasteiger partial charge in [0, 0.05) is 72.0 Å². The first-order chi connectivity index (χ1) is 4.00. The molecule has 0 spiro atoms. The molecule has 0 aromatic carbocycles. The van der Waals surface area contributed by atoms with Gasteiger partial charge in [0.15, 0.2) is 0 Å². The van der Waals surface area contributed by atoms with Crippen LogP contribution < -0.4 is 51.4 Å². The molecule has 0 aliphatic heterocycles. The van der Waals surface area contributed by atoms with Crippen LogP contribution in [0.4, 0.5) is 0 Å². The van der Waals surface area contributed by atoms with E-state index in [0.717, 1.165) is 0 Å². The van der Waals surface area contributed by atoms with Crippen molar-refractivity contribution < 1.29 is 170 Å². The third kappa shape index (κ3) is 1110. The van der Waals surface area contributed by atoms with Gasteiger partial charge in [-0.1, -0.05) is 0 Å². The summed E-state index contributed by atoms with van der Waals surface area (Å²) in [7, 11) is -10.3. The van der Waals surface area contributed by atoms with Crippen molar-refractivity contribution in [3.63, 3.8) is 0 Å². The first kappa shape index (κ1) is 93.4. The predicted molar refractivity (Wildman–Crippen MR) is 42.6 cm³/mol. The molecule has 0 heterocycles. The molecule has 0 aliphatic rings. The molecule has 20 heteroatoms. The van der Waals surface area contributed by atoms with Gasteiger partial charge in [0.1, 0.15) is 0 Å². The molecule has 0 saturated carbocycles. The van der Waals surface area contributed by atoms with Crippen LogP contribution in [0.5, 0.6) is 0 Å². The van der Waals surface area contributed by atoms with Crippen LogP contribution in [0.25, 0.3) is 0 Å². The van der Waals surface area contributed by atoms with Crippen LogP contribution in [-0.4, -0.2) is 67.9 Å². The summed E-state index contributed by atoms with van der Waals surface area (Å²) in [5.41, 5.74) is 0. The molecule has 14 nitrogen and oxygen atoms in total. The maximum Gasteiger partial charge on any atom is 1.00 e.